The fraction of sp³-hybridized carbons (Fsp3) is 1.00. The maximum atomic E-state index is 1.76. The van der Waals surface area contributed by atoms with E-state index in [1.54, 1.807) is 12.8 Å². The molecule has 0 aromatic rings. The molecule has 0 aliphatic heterocycles. The van der Waals surface area contributed by atoms with Gasteiger partial charge in [0, 0.05) is 0 Å². The Morgan fingerprint density at radius 2 is 0.500 bits per heavy atom. The monoisotopic (exact) mass is 262 g/mol. The zero-order valence-electron chi connectivity index (χ0n) is 11.8. The number of hydrogen-bond acceptors (Lipinski definition) is 0. The fourth-order valence-electron chi connectivity index (χ4n) is 14.2. The SMILES string of the molecule is C1[C@@H]2C3C4[C@H]5C6C7[C@@H]4[C@H]2[C@@H]2[C@@H]7C4C([C@@H]12)[C@@H]1C[C@H]3[C@@H]5[C@H]1[C@H]64. The third-order valence-corrected chi connectivity index (χ3v) is 12.6. The first-order chi connectivity index (χ1) is 9.97. The average molecular weight is 262 g/mol. The van der Waals surface area contributed by atoms with Crippen LogP contribution in [0.3, 0.4) is 0 Å². The summed E-state index contributed by atoms with van der Waals surface area (Å²) in [5, 5.41) is 0. The van der Waals surface area contributed by atoms with E-state index in [0.29, 0.717) is 0 Å². The van der Waals surface area contributed by atoms with Gasteiger partial charge in [-0.05, 0) is 119 Å². The Bertz CT molecular complexity index is 502. The summed E-state index contributed by atoms with van der Waals surface area (Å²) in [5.74, 6) is 23.5. The van der Waals surface area contributed by atoms with E-state index in [2.05, 4.69) is 0 Å². The highest BCUT2D eigenvalue weighted by molar-refractivity contribution is 5.39. The van der Waals surface area contributed by atoms with Crippen molar-refractivity contribution >= 4 is 0 Å². The Morgan fingerprint density at radius 1 is 0.250 bits per heavy atom. The minimum Gasteiger partial charge on any atom is -0.0464 e. The number of hydrogen-bond donors (Lipinski definition) is 0. The summed E-state index contributed by atoms with van der Waals surface area (Å²) in [7, 11) is 0. The Morgan fingerprint density at radius 3 is 0.850 bits per heavy atom. The summed E-state index contributed by atoms with van der Waals surface area (Å²) in [6, 6.07) is 0. The van der Waals surface area contributed by atoms with Crippen molar-refractivity contribution in [3.63, 3.8) is 0 Å². The molecule has 0 radical (unpaired) electrons. The van der Waals surface area contributed by atoms with Crippen molar-refractivity contribution in [1.82, 2.24) is 0 Å². The van der Waals surface area contributed by atoms with Gasteiger partial charge in [0.05, 0.1) is 0 Å². The van der Waals surface area contributed by atoms with Crippen molar-refractivity contribution in [3.8, 4) is 0 Å². The van der Waals surface area contributed by atoms with Gasteiger partial charge in [-0.2, -0.15) is 0 Å². The molecule has 0 N–H and O–H groups in total. The zero-order valence-corrected chi connectivity index (χ0v) is 11.8. The molecule has 0 aromatic heterocycles. The Hall–Kier alpha value is 0. The van der Waals surface area contributed by atoms with Crippen molar-refractivity contribution in [2.45, 2.75) is 12.8 Å². The van der Waals surface area contributed by atoms with Crippen LogP contribution in [-0.2, 0) is 0 Å². The minimum absolute atomic E-state index is 1.28. The van der Waals surface area contributed by atoms with E-state index >= 15 is 0 Å². The van der Waals surface area contributed by atoms with Crippen LogP contribution < -0.4 is 0 Å². The average Bonchev–Trinajstić information content (AvgIpc) is 3.11. The minimum atomic E-state index is 1.28. The molecular weight excluding hydrogens is 240 g/mol. The van der Waals surface area contributed by atoms with Crippen molar-refractivity contribution in [2.24, 2.45) is 107 Å². The van der Waals surface area contributed by atoms with E-state index in [1.807, 2.05) is 0 Å². The predicted octanol–water partition coefficient (Wildman–Crippen LogP) is 2.99. The van der Waals surface area contributed by atoms with Gasteiger partial charge in [-0.25, -0.2) is 0 Å². The van der Waals surface area contributed by atoms with Crippen molar-refractivity contribution in [3.05, 3.63) is 0 Å². The van der Waals surface area contributed by atoms with E-state index in [1.165, 1.54) is 107 Å². The van der Waals surface area contributed by atoms with Gasteiger partial charge in [0.1, 0.15) is 0 Å². The van der Waals surface area contributed by atoms with Crippen LogP contribution >= 0.6 is 0 Å². The summed E-state index contributed by atoms with van der Waals surface area (Å²) in [6.07, 6.45) is 3.52. The van der Waals surface area contributed by atoms with Gasteiger partial charge >= 0.3 is 0 Å². The van der Waals surface area contributed by atoms with E-state index in [9.17, 15) is 0 Å². The second kappa shape index (κ2) is 1.96. The standard InChI is InChI=1S/C20H22/c1-3-7-5-2-6-8-4(1)10-9(3)15-13(7)17-11(5)12(6)18-14(8)16(10)19(15)20(17)18/h3-20H,1-2H2/t3-,4-,5-,6+,7?,8?,9-,10-,11-,12+,13?,14?,15-,16-,17+,18+,19?,20?/m1/s1. The summed E-state index contributed by atoms with van der Waals surface area (Å²) in [6.45, 7) is 0. The van der Waals surface area contributed by atoms with Gasteiger partial charge in [0.15, 0.2) is 0 Å². The molecule has 0 saturated heterocycles. The normalized spacial score (nSPS) is 99.6. The highest BCUT2D eigenvalue weighted by atomic mass is 15.0. The topological polar surface area (TPSA) is 0 Å². The molecule has 10 aliphatic carbocycles. The van der Waals surface area contributed by atoms with Gasteiger partial charge < -0.3 is 0 Å². The summed E-state index contributed by atoms with van der Waals surface area (Å²) in [4.78, 5) is 0. The molecule has 102 valence electrons. The maximum Gasteiger partial charge on any atom is -0.0312 e. The van der Waals surface area contributed by atoms with E-state index in [4.69, 9.17) is 0 Å². The molecule has 0 spiro atoms. The quantitative estimate of drug-likeness (QED) is 0.629. The van der Waals surface area contributed by atoms with E-state index < -0.39 is 0 Å². The van der Waals surface area contributed by atoms with Crippen LogP contribution in [0.1, 0.15) is 12.8 Å². The Labute approximate surface area is 120 Å². The van der Waals surface area contributed by atoms with Gasteiger partial charge in [-0.3, -0.25) is 0 Å². The predicted molar refractivity (Wildman–Crippen MR) is 72.1 cm³/mol. The van der Waals surface area contributed by atoms with E-state index in [-0.39, 0.29) is 0 Å². The molecular formula is C20H22. The first-order valence-corrected chi connectivity index (χ1v) is 9.97. The summed E-state index contributed by atoms with van der Waals surface area (Å²) < 4.78 is 0. The molecule has 10 fully saturated rings. The number of fused-ring (bicyclic) bond motifs is 4. The zero-order chi connectivity index (χ0) is 11.8. The lowest BCUT2D eigenvalue weighted by atomic mass is 9.70. The van der Waals surface area contributed by atoms with Crippen LogP contribution in [0.5, 0.6) is 0 Å². The molecule has 0 aromatic carbocycles. The van der Waals surface area contributed by atoms with Crippen molar-refractivity contribution in [1.29, 1.82) is 0 Å². The molecule has 10 rings (SSSR count). The van der Waals surface area contributed by atoms with Crippen LogP contribution in [0.2, 0.25) is 0 Å². The molecule has 6 unspecified atom stereocenters. The molecule has 18 atom stereocenters. The van der Waals surface area contributed by atoms with Crippen LogP contribution in [0.15, 0.2) is 0 Å². The molecule has 0 heteroatoms. The number of rotatable bonds is 0. The smallest absolute Gasteiger partial charge is 0.0312 e. The fourth-order valence-corrected chi connectivity index (χ4v) is 14.2. The third-order valence-electron chi connectivity index (χ3n) is 12.6. The molecule has 0 heterocycles. The lowest BCUT2D eigenvalue weighted by Gasteiger charge is -2.34. The first-order valence-electron chi connectivity index (χ1n) is 9.97. The van der Waals surface area contributed by atoms with Gasteiger partial charge in [-0.15, -0.1) is 0 Å². The van der Waals surface area contributed by atoms with Crippen molar-refractivity contribution in [2.75, 3.05) is 0 Å². The Kier molecular flexibility index (Phi) is 0.843. The summed E-state index contributed by atoms with van der Waals surface area (Å²) in [5.41, 5.74) is 0. The van der Waals surface area contributed by atoms with Crippen LogP contribution in [0, 0.1) is 107 Å². The van der Waals surface area contributed by atoms with E-state index in [0.717, 1.165) is 0 Å². The largest absolute Gasteiger partial charge is 0.0464 e. The lowest BCUT2D eigenvalue weighted by Crippen LogP contribution is -2.29. The van der Waals surface area contributed by atoms with Gasteiger partial charge in [0.2, 0.25) is 0 Å². The highest BCUT2D eigenvalue weighted by Gasteiger charge is 2.92. The summed E-state index contributed by atoms with van der Waals surface area (Å²) >= 11 is 0. The van der Waals surface area contributed by atoms with Crippen LogP contribution in [0.25, 0.3) is 0 Å². The van der Waals surface area contributed by atoms with Crippen molar-refractivity contribution < 1.29 is 0 Å². The second-order valence-corrected chi connectivity index (χ2v) is 11.2. The molecule has 0 nitrogen and oxygen atoms in total. The maximum absolute atomic E-state index is 1.76. The third kappa shape index (κ3) is 0.446. The van der Waals surface area contributed by atoms with Gasteiger partial charge in [-0.1, -0.05) is 0 Å². The lowest BCUT2D eigenvalue weighted by molar-refractivity contribution is 0.133. The molecule has 0 bridgehead atoms. The molecule has 0 amide bonds. The highest BCUT2D eigenvalue weighted by Crippen LogP contribution is 2.96. The molecule has 10 saturated carbocycles. The van der Waals surface area contributed by atoms with Crippen LogP contribution in [-0.4, -0.2) is 0 Å². The Balaban J connectivity index is 1.50. The molecule has 10 aliphatic rings. The second-order valence-electron chi connectivity index (χ2n) is 11.2. The molecule has 20 heavy (non-hydrogen) atoms. The van der Waals surface area contributed by atoms with Crippen LogP contribution in [0.4, 0.5) is 0 Å². The van der Waals surface area contributed by atoms with Gasteiger partial charge in [0.25, 0.3) is 0 Å². The first kappa shape index (κ1) is 8.59.